The zero-order valence-corrected chi connectivity index (χ0v) is 20.4. The lowest BCUT2D eigenvalue weighted by molar-refractivity contribution is -0.306. The van der Waals surface area contributed by atoms with Crippen LogP contribution in [0, 0.1) is 0 Å². The van der Waals surface area contributed by atoms with Gasteiger partial charge in [-0.1, -0.05) is 91.0 Å². The van der Waals surface area contributed by atoms with Gasteiger partial charge in [-0.05, 0) is 23.6 Å². The smallest absolute Gasteiger partial charge is 0.303 e. The number of carbonyl (C=O) groups is 2. The summed E-state index contributed by atoms with van der Waals surface area (Å²) in [6.45, 7) is 4.16. The number of benzene rings is 3. The van der Waals surface area contributed by atoms with Crippen LogP contribution in [0.3, 0.4) is 0 Å². The first-order chi connectivity index (χ1) is 17.3. The average molecular weight is 491 g/mol. The summed E-state index contributed by atoms with van der Waals surface area (Å²) in [5.41, 5.74) is 1.15. The molecule has 1 saturated heterocycles. The molecule has 0 amide bonds. The van der Waals surface area contributed by atoms with E-state index in [9.17, 15) is 14.7 Å². The minimum Gasteiger partial charge on any atom is -0.456 e. The van der Waals surface area contributed by atoms with Crippen LogP contribution in [-0.4, -0.2) is 47.8 Å². The van der Waals surface area contributed by atoms with E-state index >= 15 is 0 Å². The molecule has 3 aromatic carbocycles. The zero-order chi connectivity index (χ0) is 25.7. The predicted molar refractivity (Wildman–Crippen MR) is 132 cm³/mol. The first kappa shape index (κ1) is 25.6. The van der Waals surface area contributed by atoms with Gasteiger partial charge in [-0.15, -0.1) is 0 Å². The SMILES string of the molecule is CC(=O)O[C@@H]1[C@@H](OC(C)=O)[C@H](C)O[C@@H](O)[C@@H]1OC(c1ccccc1)(c1ccccc1)c1ccccc1. The van der Waals surface area contributed by atoms with Gasteiger partial charge in [0.2, 0.25) is 0 Å². The van der Waals surface area contributed by atoms with Crippen LogP contribution in [0.5, 0.6) is 0 Å². The van der Waals surface area contributed by atoms with Crippen LogP contribution in [0.15, 0.2) is 91.0 Å². The molecule has 0 saturated carbocycles. The van der Waals surface area contributed by atoms with Crippen LogP contribution in [0.1, 0.15) is 37.5 Å². The molecule has 0 unspecified atom stereocenters. The molecule has 5 atom stereocenters. The Kier molecular flexibility index (Phi) is 7.84. The number of rotatable bonds is 7. The molecule has 1 aliphatic rings. The number of esters is 2. The van der Waals surface area contributed by atoms with Crippen molar-refractivity contribution < 1.29 is 33.6 Å². The van der Waals surface area contributed by atoms with E-state index in [-0.39, 0.29) is 0 Å². The first-order valence-electron chi connectivity index (χ1n) is 11.9. The Hall–Kier alpha value is -3.52. The van der Waals surface area contributed by atoms with E-state index in [0.717, 1.165) is 16.7 Å². The average Bonchev–Trinajstić information content (AvgIpc) is 2.87. The van der Waals surface area contributed by atoms with Crippen LogP contribution in [-0.2, 0) is 34.1 Å². The van der Waals surface area contributed by atoms with E-state index in [4.69, 9.17) is 18.9 Å². The van der Waals surface area contributed by atoms with Crippen molar-refractivity contribution in [3.8, 4) is 0 Å². The molecular weight excluding hydrogens is 460 g/mol. The van der Waals surface area contributed by atoms with Gasteiger partial charge in [0.25, 0.3) is 0 Å². The minimum absolute atomic E-state index is 0.566. The van der Waals surface area contributed by atoms with Crippen molar-refractivity contribution >= 4 is 11.9 Å². The van der Waals surface area contributed by atoms with Crippen molar-refractivity contribution in [2.24, 2.45) is 0 Å². The van der Waals surface area contributed by atoms with E-state index < -0.39 is 48.2 Å². The number of hydrogen-bond acceptors (Lipinski definition) is 7. The fraction of sp³-hybridized carbons (Fsp3) is 0.310. The molecule has 7 nitrogen and oxygen atoms in total. The molecule has 0 aromatic heterocycles. The molecular formula is C29H30O7. The van der Waals surface area contributed by atoms with Crippen LogP contribution in [0.2, 0.25) is 0 Å². The number of aliphatic hydroxyl groups excluding tert-OH is 1. The van der Waals surface area contributed by atoms with Gasteiger partial charge in [-0.25, -0.2) is 0 Å². The van der Waals surface area contributed by atoms with E-state index in [1.807, 2.05) is 91.0 Å². The first-order valence-corrected chi connectivity index (χ1v) is 11.9. The maximum atomic E-state index is 12.1. The second kappa shape index (κ2) is 11.0. The van der Waals surface area contributed by atoms with Gasteiger partial charge < -0.3 is 24.1 Å². The zero-order valence-electron chi connectivity index (χ0n) is 20.4. The summed E-state index contributed by atoms with van der Waals surface area (Å²) in [4.78, 5) is 24.0. The minimum atomic E-state index is -1.47. The van der Waals surface area contributed by atoms with Gasteiger partial charge in [0.05, 0.1) is 6.10 Å². The summed E-state index contributed by atoms with van der Waals surface area (Å²) in [5, 5.41) is 11.1. The van der Waals surface area contributed by atoms with Gasteiger partial charge >= 0.3 is 11.9 Å². The maximum Gasteiger partial charge on any atom is 0.303 e. The quantitative estimate of drug-likeness (QED) is 0.396. The summed E-state index contributed by atoms with van der Waals surface area (Å²) in [6, 6.07) is 28.7. The molecule has 188 valence electrons. The van der Waals surface area contributed by atoms with Crippen molar-refractivity contribution in [1.29, 1.82) is 0 Å². The molecule has 3 aromatic rings. The molecule has 0 radical (unpaired) electrons. The Morgan fingerprint density at radius 3 is 1.47 bits per heavy atom. The number of ether oxygens (including phenoxy) is 4. The van der Waals surface area contributed by atoms with Crippen LogP contribution >= 0.6 is 0 Å². The van der Waals surface area contributed by atoms with Gasteiger partial charge in [0, 0.05) is 13.8 Å². The third kappa shape index (κ3) is 5.18. The Morgan fingerprint density at radius 2 is 1.08 bits per heavy atom. The fourth-order valence-electron chi connectivity index (χ4n) is 4.72. The Balaban J connectivity index is 1.92. The molecule has 0 aliphatic carbocycles. The number of hydrogen-bond donors (Lipinski definition) is 1. The second-order valence-corrected chi connectivity index (χ2v) is 8.74. The van der Waals surface area contributed by atoms with E-state index in [1.165, 1.54) is 13.8 Å². The molecule has 0 bridgehead atoms. The summed E-state index contributed by atoms with van der Waals surface area (Å²) in [7, 11) is 0. The molecule has 36 heavy (non-hydrogen) atoms. The van der Waals surface area contributed by atoms with Crippen LogP contribution in [0.25, 0.3) is 0 Å². The van der Waals surface area contributed by atoms with Crippen molar-refractivity contribution in [2.75, 3.05) is 0 Å². The molecule has 7 heteroatoms. The van der Waals surface area contributed by atoms with E-state index in [1.54, 1.807) is 6.92 Å². The fourth-order valence-corrected chi connectivity index (χ4v) is 4.72. The van der Waals surface area contributed by atoms with Crippen molar-refractivity contribution in [2.45, 2.75) is 57.1 Å². The van der Waals surface area contributed by atoms with Gasteiger partial charge in [0.15, 0.2) is 24.6 Å². The standard InChI is InChI=1S/C29H30O7/c1-19-25(34-20(2)30)26(35-21(3)31)27(28(32)33-19)36-29(22-13-7-4-8-14-22,23-15-9-5-10-16-23)24-17-11-6-12-18-24/h4-19,25-28,32H,1-3H3/t19-,25-,26+,27+,28+/m0/s1. The highest BCUT2D eigenvalue weighted by Crippen LogP contribution is 2.43. The van der Waals surface area contributed by atoms with Gasteiger partial charge in [-0.3, -0.25) is 9.59 Å². The van der Waals surface area contributed by atoms with Gasteiger partial charge in [0.1, 0.15) is 5.60 Å². The number of aliphatic hydroxyl groups is 1. The highest BCUT2D eigenvalue weighted by atomic mass is 16.7. The Bertz CT molecular complexity index is 1050. The second-order valence-electron chi connectivity index (χ2n) is 8.74. The third-order valence-corrected chi connectivity index (χ3v) is 6.20. The van der Waals surface area contributed by atoms with Gasteiger partial charge in [-0.2, -0.15) is 0 Å². The predicted octanol–water partition coefficient (Wildman–Crippen LogP) is 3.96. The van der Waals surface area contributed by atoms with E-state index in [2.05, 4.69) is 0 Å². The molecule has 1 aliphatic heterocycles. The molecule has 1 fully saturated rings. The highest BCUT2D eigenvalue weighted by Gasteiger charge is 2.52. The largest absolute Gasteiger partial charge is 0.456 e. The van der Waals surface area contributed by atoms with Crippen molar-refractivity contribution in [1.82, 2.24) is 0 Å². The molecule has 1 N–H and O–H groups in total. The summed E-state index contributed by atoms with van der Waals surface area (Å²) >= 11 is 0. The number of carbonyl (C=O) groups excluding carboxylic acids is 2. The molecule has 1 heterocycles. The third-order valence-electron chi connectivity index (χ3n) is 6.20. The van der Waals surface area contributed by atoms with Crippen LogP contribution in [0.4, 0.5) is 0 Å². The van der Waals surface area contributed by atoms with Crippen molar-refractivity contribution in [3.63, 3.8) is 0 Å². The normalized spacial score (nSPS) is 24.1. The highest BCUT2D eigenvalue weighted by molar-refractivity contribution is 5.67. The summed E-state index contributed by atoms with van der Waals surface area (Å²) < 4.78 is 23.7. The van der Waals surface area contributed by atoms with Crippen molar-refractivity contribution in [3.05, 3.63) is 108 Å². The Labute approximate surface area is 210 Å². The van der Waals surface area contributed by atoms with Crippen LogP contribution < -0.4 is 0 Å². The molecule has 4 rings (SSSR count). The lowest BCUT2D eigenvalue weighted by Crippen LogP contribution is -2.62. The maximum absolute atomic E-state index is 12.1. The topological polar surface area (TPSA) is 91.3 Å². The monoisotopic (exact) mass is 490 g/mol. The Morgan fingerprint density at radius 1 is 0.694 bits per heavy atom. The summed E-state index contributed by atoms with van der Waals surface area (Å²) in [6.07, 6.45) is -5.52. The van der Waals surface area contributed by atoms with E-state index in [0.29, 0.717) is 0 Å². The lowest BCUT2D eigenvalue weighted by Gasteiger charge is -2.47. The molecule has 0 spiro atoms. The summed E-state index contributed by atoms with van der Waals surface area (Å²) in [5.74, 6) is -1.17. The lowest BCUT2D eigenvalue weighted by atomic mass is 9.79.